The minimum Gasteiger partial charge on any atom is -0.497 e. The van der Waals surface area contributed by atoms with E-state index in [-0.39, 0.29) is 30.0 Å². The van der Waals surface area contributed by atoms with Gasteiger partial charge in [-0.15, -0.1) is 24.0 Å². The Labute approximate surface area is 204 Å². The monoisotopic (exact) mass is 543 g/mol. The van der Waals surface area contributed by atoms with Crippen molar-refractivity contribution in [2.24, 2.45) is 4.99 Å². The molecule has 0 spiro atoms. The van der Waals surface area contributed by atoms with Crippen LogP contribution >= 0.6 is 24.0 Å². The SMILES string of the molecule is CCNC(=NCc1cc(C(C)C)no1)NCC(c1cccc(OC)c1)N(CC)CC.I. The van der Waals surface area contributed by atoms with E-state index in [2.05, 4.69) is 72.4 Å². The molecule has 7 nitrogen and oxygen atoms in total. The van der Waals surface area contributed by atoms with Gasteiger partial charge in [-0.1, -0.05) is 45.0 Å². The van der Waals surface area contributed by atoms with Crippen LogP contribution < -0.4 is 15.4 Å². The van der Waals surface area contributed by atoms with Crippen LogP contribution in [0.5, 0.6) is 5.75 Å². The molecule has 0 amide bonds. The summed E-state index contributed by atoms with van der Waals surface area (Å²) >= 11 is 0. The number of nitrogens with zero attached hydrogens (tertiary/aromatic N) is 3. The Morgan fingerprint density at radius 3 is 2.48 bits per heavy atom. The van der Waals surface area contributed by atoms with Gasteiger partial charge in [0.25, 0.3) is 0 Å². The summed E-state index contributed by atoms with van der Waals surface area (Å²) in [4.78, 5) is 7.11. The fourth-order valence-corrected chi connectivity index (χ4v) is 3.34. The fourth-order valence-electron chi connectivity index (χ4n) is 3.34. The zero-order chi connectivity index (χ0) is 21.9. The molecule has 0 fully saturated rings. The van der Waals surface area contributed by atoms with Gasteiger partial charge in [-0.25, -0.2) is 4.99 Å². The third kappa shape index (κ3) is 8.33. The molecule has 2 N–H and O–H groups in total. The molecule has 2 rings (SSSR count). The van der Waals surface area contributed by atoms with Crippen molar-refractivity contribution in [3.63, 3.8) is 0 Å². The predicted molar refractivity (Wildman–Crippen MR) is 137 cm³/mol. The highest BCUT2D eigenvalue weighted by molar-refractivity contribution is 14.0. The van der Waals surface area contributed by atoms with Gasteiger partial charge in [0.15, 0.2) is 11.7 Å². The maximum absolute atomic E-state index is 5.43. The first-order valence-electron chi connectivity index (χ1n) is 10.9. The number of guanidine groups is 1. The highest BCUT2D eigenvalue weighted by atomic mass is 127. The largest absolute Gasteiger partial charge is 0.497 e. The van der Waals surface area contributed by atoms with Crippen molar-refractivity contribution in [3.8, 4) is 5.75 Å². The summed E-state index contributed by atoms with van der Waals surface area (Å²) in [6, 6.07) is 10.5. The third-order valence-electron chi connectivity index (χ3n) is 5.10. The number of halogens is 1. The van der Waals surface area contributed by atoms with Crippen LogP contribution in [0.15, 0.2) is 39.8 Å². The number of nitrogens with one attached hydrogen (secondary N) is 2. The second-order valence-electron chi connectivity index (χ2n) is 7.46. The molecule has 1 unspecified atom stereocenters. The summed E-state index contributed by atoms with van der Waals surface area (Å²) in [5.41, 5.74) is 2.18. The van der Waals surface area contributed by atoms with Gasteiger partial charge in [0.1, 0.15) is 12.3 Å². The van der Waals surface area contributed by atoms with Crippen LogP contribution in [0.4, 0.5) is 0 Å². The van der Waals surface area contributed by atoms with E-state index < -0.39 is 0 Å². The number of hydrogen-bond acceptors (Lipinski definition) is 5. The molecule has 31 heavy (non-hydrogen) atoms. The van der Waals surface area contributed by atoms with Gasteiger partial charge in [-0.3, -0.25) is 4.90 Å². The number of hydrogen-bond donors (Lipinski definition) is 2. The maximum atomic E-state index is 5.43. The maximum Gasteiger partial charge on any atom is 0.191 e. The standard InChI is InChI=1S/C23H37N5O2.HI/c1-7-24-23(25-15-20-14-21(17(4)5)27-30-20)26-16-22(28(8-2)9-3)18-11-10-12-19(13-18)29-6;/h10-14,17,22H,7-9,15-16H2,1-6H3,(H2,24,25,26);1H. The first-order valence-corrected chi connectivity index (χ1v) is 10.9. The third-order valence-corrected chi connectivity index (χ3v) is 5.10. The lowest BCUT2D eigenvalue weighted by Gasteiger charge is -2.31. The molecule has 1 atom stereocenters. The normalized spacial score (nSPS) is 12.6. The molecule has 0 radical (unpaired) electrons. The molecule has 8 heteroatoms. The highest BCUT2D eigenvalue weighted by Crippen LogP contribution is 2.23. The van der Waals surface area contributed by atoms with E-state index in [0.717, 1.165) is 49.3 Å². The number of aliphatic imine (C=N–C) groups is 1. The molecular formula is C23H38IN5O2. The van der Waals surface area contributed by atoms with Crippen molar-refractivity contribution < 1.29 is 9.26 Å². The van der Waals surface area contributed by atoms with Crippen LogP contribution in [0, 0.1) is 0 Å². The number of aromatic nitrogens is 1. The van der Waals surface area contributed by atoms with Crippen LogP contribution in [0.25, 0.3) is 0 Å². The average molecular weight is 543 g/mol. The first-order chi connectivity index (χ1) is 14.5. The van der Waals surface area contributed by atoms with Gasteiger partial charge in [0.2, 0.25) is 0 Å². The van der Waals surface area contributed by atoms with E-state index in [9.17, 15) is 0 Å². The molecule has 0 saturated carbocycles. The topological polar surface area (TPSA) is 74.9 Å². The van der Waals surface area contributed by atoms with Gasteiger partial charge < -0.3 is 19.9 Å². The van der Waals surface area contributed by atoms with Crippen molar-refractivity contribution in [1.29, 1.82) is 0 Å². The van der Waals surface area contributed by atoms with Crippen LogP contribution in [0.2, 0.25) is 0 Å². The molecular weight excluding hydrogens is 505 g/mol. The van der Waals surface area contributed by atoms with Gasteiger partial charge in [0.05, 0.1) is 18.8 Å². The Bertz CT molecular complexity index is 790. The molecule has 174 valence electrons. The second kappa shape index (κ2) is 14.3. The molecule has 0 aliphatic heterocycles. The van der Waals surface area contributed by atoms with Gasteiger partial charge >= 0.3 is 0 Å². The summed E-state index contributed by atoms with van der Waals surface area (Å²) in [5, 5.41) is 10.9. The van der Waals surface area contributed by atoms with E-state index >= 15 is 0 Å². The Morgan fingerprint density at radius 2 is 1.90 bits per heavy atom. The van der Waals surface area contributed by atoms with Crippen LogP contribution in [0.3, 0.4) is 0 Å². The number of benzene rings is 1. The molecule has 0 bridgehead atoms. The average Bonchev–Trinajstić information content (AvgIpc) is 3.24. The van der Waals surface area contributed by atoms with E-state index in [4.69, 9.17) is 9.26 Å². The molecule has 0 aliphatic carbocycles. The van der Waals surface area contributed by atoms with Crippen molar-refractivity contribution in [3.05, 3.63) is 47.3 Å². The van der Waals surface area contributed by atoms with Crippen LogP contribution in [-0.2, 0) is 6.54 Å². The Hall–Kier alpha value is -1.81. The quantitative estimate of drug-likeness (QED) is 0.246. The van der Waals surface area contributed by atoms with E-state index in [0.29, 0.717) is 12.5 Å². The molecule has 0 aliphatic rings. The van der Waals surface area contributed by atoms with Gasteiger partial charge in [-0.2, -0.15) is 0 Å². The number of rotatable bonds is 11. The van der Waals surface area contributed by atoms with Gasteiger partial charge in [-0.05, 0) is 43.6 Å². The Kier molecular flexibility index (Phi) is 12.5. The zero-order valence-corrected chi connectivity index (χ0v) is 22.0. The number of methoxy groups -OCH3 is 1. The van der Waals surface area contributed by atoms with E-state index in [1.165, 1.54) is 5.56 Å². The smallest absolute Gasteiger partial charge is 0.191 e. The fraction of sp³-hybridized carbons (Fsp3) is 0.565. The summed E-state index contributed by atoms with van der Waals surface area (Å²) in [6.45, 7) is 14.5. The van der Waals surface area contributed by atoms with E-state index in [1.807, 2.05) is 18.2 Å². The molecule has 1 heterocycles. The Morgan fingerprint density at radius 1 is 1.16 bits per heavy atom. The van der Waals surface area contributed by atoms with Crippen molar-refractivity contribution in [2.75, 3.05) is 33.3 Å². The van der Waals surface area contributed by atoms with Crippen molar-refractivity contribution in [1.82, 2.24) is 20.7 Å². The first kappa shape index (κ1) is 27.2. The zero-order valence-electron chi connectivity index (χ0n) is 19.6. The summed E-state index contributed by atoms with van der Waals surface area (Å²) in [7, 11) is 1.70. The molecule has 1 aromatic carbocycles. The summed E-state index contributed by atoms with van der Waals surface area (Å²) in [5.74, 6) is 2.75. The van der Waals surface area contributed by atoms with Crippen molar-refractivity contribution >= 4 is 29.9 Å². The minimum atomic E-state index is 0. The predicted octanol–water partition coefficient (Wildman–Crippen LogP) is 4.56. The van der Waals surface area contributed by atoms with E-state index in [1.54, 1.807) is 7.11 Å². The lowest BCUT2D eigenvalue weighted by molar-refractivity contribution is 0.218. The lowest BCUT2D eigenvalue weighted by atomic mass is 10.0. The van der Waals surface area contributed by atoms with Gasteiger partial charge in [0, 0.05) is 19.2 Å². The summed E-state index contributed by atoms with van der Waals surface area (Å²) < 4.78 is 10.8. The van der Waals surface area contributed by atoms with Crippen LogP contribution in [-0.4, -0.2) is 49.3 Å². The number of likely N-dealkylation sites (N-methyl/N-ethyl adjacent to an activating group) is 1. The van der Waals surface area contributed by atoms with Crippen LogP contribution in [0.1, 0.15) is 63.6 Å². The lowest BCUT2D eigenvalue weighted by Crippen LogP contribution is -2.43. The minimum absolute atomic E-state index is 0. The second-order valence-corrected chi connectivity index (χ2v) is 7.46. The Balaban J connectivity index is 0.00000480. The highest BCUT2D eigenvalue weighted by Gasteiger charge is 2.19. The molecule has 1 aromatic heterocycles. The number of ether oxygens (including phenoxy) is 1. The molecule has 0 saturated heterocycles. The molecule has 2 aromatic rings. The summed E-state index contributed by atoms with van der Waals surface area (Å²) in [6.07, 6.45) is 0. The van der Waals surface area contributed by atoms with Crippen molar-refractivity contribution in [2.45, 2.75) is 53.1 Å².